The summed E-state index contributed by atoms with van der Waals surface area (Å²) in [4.78, 5) is 12.6. The smallest absolute Gasteiger partial charge is 0.252 e. The molecule has 0 radical (unpaired) electrons. The largest absolute Gasteiger partial charge is 0.341 e. The lowest BCUT2D eigenvalue weighted by atomic mass is 9.98. The molecule has 0 fully saturated rings. The summed E-state index contributed by atoms with van der Waals surface area (Å²) in [6.07, 6.45) is 0. The Bertz CT molecular complexity index is 828. The monoisotopic (exact) mass is 312 g/mol. The van der Waals surface area contributed by atoms with Crippen LogP contribution >= 0.6 is 0 Å². The fourth-order valence-electron chi connectivity index (χ4n) is 2.59. The molecule has 1 N–H and O–H groups in total. The van der Waals surface area contributed by atoms with E-state index < -0.39 is 0 Å². The van der Waals surface area contributed by atoms with Crippen molar-refractivity contribution < 1.29 is 4.79 Å². The van der Waals surface area contributed by atoms with Gasteiger partial charge in [0.2, 0.25) is 0 Å². The molecule has 0 atom stereocenters. The molecule has 0 aliphatic rings. The highest BCUT2D eigenvalue weighted by Gasteiger charge is 2.17. The molecule has 3 aromatic rings. The highest BCUT2D eigenvalue weighted by Crippen LogP contribution is 2.22. The van der Waals surface area contributed by atoms with Gasteiger partial charge in [-0.3, -0.25) is 4.79 Å². The summed E-state index contributed by atoms with van der Waals surface area (Å²) in [5.41, 5.74) is 2.96. The quantitative estimate of drug-likeness (QED) is 0.789. The summed E-state index contributed by atoms with van der Waals surface area (Å²) in [6.45, 7) is 0. The maximum Gasteiger partial charge on any atom is 0.252 e. The first kappa shape index (κ1) is 15.5. The van der Waals surface area contributed by atoms with Crippen LogP contribution in [0.2, 0.25) is 0 Å². The molecule has 24 heavy (non-hydrogen) atoms. The van der Waals surface area contributed by atoms with Crippen molar-refractivity contribution in [2.24, 2.45) is 0 Å². The zero-order chi connectivity index (χ0) is 16.8. The van der Waals surface area contributed by atoms with Crippen molar-refractivity contribution in [1.29, 1.82) is 5.26 Å². The fourth-order valence-corrected chi connectivity index (χ4v) is 2.59. The maximum atomic E-state index is 12.6. The predicted molar refractivity (Wildman–Crippen MR) is 93.4 cm³/mol. The molecule has 1 amide bonds. The van der Waals surface area contributed by atoms with E-state index in [1.54, 1.807) is 24.3 Å². The molecule has 0 bridgehead atoms. The molecule has 0 saturated heterocycles. The number of nitrogens with one attached hydrogen (secondary N) is 1. The van der Waals surface area contributed by atoms with Gasteiger partial charge in [0.05, 0.1) is 17.7 Å². The fraction of sp³-hybridized carbons (Fsp3) is 0.0476. The van der Waals surface area contributed by atoms with Crippen LogP contribution in [0.15, 0.2) is 84.9 Å². The molecular formula is C21H16N2O. The average molecular weight is 312 g/mol. The first-order valence-corrected chi connectivity index (χ1v) is 7.69. The van der Waals surface area contributed by atoms with Crippen molar-refractivity contribution in [2.45, 2.75) is 6.04 Å². The summed E-state index contributed by atoms with van der Waals surface area (Å²) in [5.74, 6) is -0.204. The van der Waals surface area contributed by atoms with Crippen LogP contribution < -0.4 is 5.32 Å². The summed E-state index contributed by atoms with van der Waals surface area (Å²) < 4.78 is 0. The van der Waals surface area contributed by atoms with Crippen LogP contribution in [-0.2, 0) is 0 Å². The molecule has 0 spiro atoms. The zero-order valence-electron chi connectivity index (χ0n) is 13.0. The van der Waals surface area contributed by atoms with Crippen LogP contribution in [0.5, 0.6) is 0 Å². The van der Waals surface area contributed by atoms with Crippen LogP contribution in [0.25, 0.3) is 0 Å². The first-order chi connectivity index (χ1) is 11.8. The molecule has 0 saturated carbocycles. The van der Waals surface area contributed by atoms with E-state index >= 15 is 0 Å². The number of hydrogen-bond acceptors (Lipinski definition) is 2. The number of nitriles is 1. The molecule has 0 aromatic heterocycles. The Morgan fingerprint density at radius 2 is 1.42 bits per heavy atom. The van der Waals surface area contributed by atoms with Crippen LogP contribution in [0, 0.1) is 11.3 Å². The number of hydrogen-bond donors (Lipinski definition) is 1. The Morgan fingerprint density at radius 1 is 0.833 bits per heavy atom. The van der Waals surface area contributed by atoms with Gasteiger partial charge in [0, 0.05) is 5.56 Å². The van der Waals surface area contributed by atoms with E-state index in [2.05, 4.69) is 11.4 Å². The molecule has 0 aliphatic carbocycles. The standard InChI is InChI=1S/C21H16N2O/c22-15-16-8-7-13-19(14-16)21(24)23-20(17-9-3-1-4-10-17)18-11-5-2-6-12-18/h1-14,20H,(H,23,24). The van der Waals surface area contributed by atoms with Crippen LogP contribution in [0.3, 0.4) is 0 Å². The van der Waals surface area contributed by atoms with Gasteiger partial charge < -0.3 is 5.32 Å². The van der Waals surface area contributed by atoms with Crippen molar-refractivity contribution in [3.05, 3.63) is 107 Å². The Hall–Kier alpha value is -3.38. The zero-order valence-corrected chi connectivity index (χ0v) is 13.0. The Morgan fingerprint density at radius 3 is 1.96 bits per heavy atom. The van der Waals surface area contributed by atoms with Crippen molar-refractivity contribution in [1.82, 2.24) is 5.32 Å². The molecule has 0 unspecified atom stereocenters. The molecule has 116 valence electrons. The SMILES string of the molecule is N#Cc1cccc(C(=O)NC(c2ccccc2)c2ccccc2)c1. The lowest BCUT2D eigenvalue weighted by molar-refractivity contribution is 0.0943. The minimum Gasteiger partial charge on any atom is -0.341 e. The van der Waals surface area contributed by atoms with Crippen LogP contribution in [0.1, 0.15) is 33.1 Å². The molecular weight excluding hydrogens is 296 g/mol. The normalized spacial score (nSPS) is 10.2. The number of rotatable bonds is 4. The first-order valence-electron chi connectivity index (χ1n) is 7.69. The van der Waals surface area contributed by atoms with E-state index in [0.717, 1.165) is 11.1 Å². The number of benzene rings is 3. The second kappa shape index (κ2) is 7.26. The minimum absolute atomic E-state index is 0.204. The van der Waals surface area contributed by atoms with E-state index in [9.17, 15) is 4.79 Å². The van der Waals surface area contributed by atoms with Crippen molar-refractivity contribution in [3.8, 4) is 6.07 Å². The van der Waals surface area contributed by atoms with Crippen molar-refractivity contribution in [2.75, 3.05) is 0 Å². The molecule has 3 aromatic carbocycles. The third-order valence-electron chi connectivity index (χ3n) is 3.80. The van der Waals surface area contributed by atoms with E-state index in [4.69, 9.17) is 5.26 Å². The highest BCUT2D eigenvalue weighted by molar-refractivity contribution is 5.95. The van der Waals surface area contributed by atoms with Gasteiger partial charge in [0.25, 0.3) is 5.91 Å². The van der Waals surface area contributed by atoms with Gasteiger partial charge in [0.15, 0.2) is 0 Å². The van der Waals surface area contributed by atoms with Crippen LogP contribution in [0.4, 0.5) is 0 Å². The second-order valence-corrected chi connectivity index (χ2v) is 5.42. The summed E-state index contributed by atoms with van der Waals surface area (Å²) >= 11 is 0. The lowest BCUT2D eigenvalue weighted by Crippen LogP contribution is -2.29. The predicted octanol–water partition coefficient (Wildman–Crippen LogP) is 4.08. The van der Waals surface area contributed by atoms with Crippen molar-refractivity contribution in [3.63, 3.8) is 0 Å². The topological polar surface area (TPSA) is 52.9 Å². The minimum atomic E-state index is -0.245. The second-order valence-electron chi connectivity index (χ2n) is 5.42. The van der Waals surface area contributed by atoms with Gasteiger partial charge in [-0.15, -0.1) is 0 Å². The third kappa shape index (κ3) is 3.50. The summed E-state index contributed by atoms with van der Waals surface area (Å²) in [5, 5.41) is 12.1. The van der Waals surface area contributed by atoms with Gasteiger partial charge in [-0.25, -0.2) is 0 Å². The molecule has 0 heterocycles. The number of carbonyl (C=O) groups is 1. The van der Waals surface area contributed by atoms with Gasteiger partial charge in [-0.1, -0.05) is 66.7 Å². The Kier molecular flexibility index (Phi) is 4.69. The summed E-state index contributed by atoms with van der Waals surface area (Å²) in [6, 6.07) is 28.2. The van der Waals surface area contributed by atoms with Gasteiger partial charge in [-0.2, -0.15) is 5.26 Å². The number of amides is 1. The highest BCUT2D eigenvalue weighted by atomic mass is 16.1. The number of nitrogens with zero attached hydrogens (tertiary/aromatic N) is 1. The van der Waals surface area contributed by atoms with E-state index in [-0.39, 0.29) is 11.9 Å². The Balaban J connectivity index is 1.92. The summed E-state index contributed by atoms with van der Waals surface area (Å²) in [7, 11) is 0. The van der Waals surface area contributed by atoms with E-state index in [1.165, 1.54) is 0 Å². The molecule has 3 heteroatoms. The molecule has 0 aliphatic heterocycles. The maximum absolute atomic E-state index is 12.6. The molecule has 3 nitrogen and oxygen atoms in total. The Labute approximate surface area is 141 Å². The van der Waals surface area contributed by atoms with Gasteiger partial charge in [0.1, 0.15) is 0 Å². The number of carbonyl (C=O) groups excluding carboxylic acids is 1. The average Bonchev–Trinajstić information content (AvgIpc) is 2.67. The van der Waals surface area contributed by atoms with E-state index in [1.807, 2.05) is 60.7 Å². The van der Waals surface area contributed by atoms with Crippen LogP contribution in [-0.4, -0.2) is 5.91 Å². The third-order valence-corrected chi connectivity index (χ3v) is 3.80. The lowest BCUT2D eigenvalue weighted by Gasteiger charge is -2.20. The molecule has 3 rings (SSSR count). The van der Waals surface area contributed by atoms with Crippen molar-refractivity contribution >= 4 is 5.91 Å². The van der Waals surface area contributed by atoms with E-state index in [0.29, 0.717) is 11.1 Å². The van der Waals surface area contributed by atoms with Gasteiger partial charge in [-0.05, 0) is 29.3 Å². The van der Waals surface area contributed by atoms with Gasteiger partial charge >= 0.3 is 0 Å².